The van der Waals surface area contributed by atoms with Gasteiger partial charge in [-0.2, -0.15) is 0 Å². The quantitative estimate of drug-likeness (QED) is 0.869. The van der Waals surface area contributed by atoms with Crippen LogP contribution in [-0.4, -0.2) is 42.1 Å². The summed E-state index contributed by atoms with van der Waals surface area (Å²) in [6, 6.07) is 5.34. The van der Waals surface area contributed by atoms with E-state index in [-0.39, 0.29) is 18.9 Å². The summed E-state index contributed by atoms with van der Waals surface area (Å²) >= 11 is 0. The average molecular weight is 249 g/mol. The van der Waals surface area contributed by atoms with E-state index in [1.54, 1.807) is 24.1 Å². The lowest BCUT2D eigenvalue weighted by Gasteiger charge is -2.25. The zero-order valence-corrected chi connectivity index (χ0v) is 10.2. The molecular formula is C13H15NO4. The normalized spacial score (nSPS) is 14.3. The molecule has 0 unspecified atom stereocenters. The number of hydrogen-bond donors (Lipinski definition) is 1. The van der Waals surface area contributed by atoms with Crippen LogP contribution in [0.15, 0.2) is 18.2 Å². The first-order valence-corrected chi connectivity index (χ1v) is 5.81. The average Bonchev–Trinajstić information content (AvgIpc) is 2.34. The third kappa shape index (κ3) is 2.61. The number of ether oxygens (including phenoxy) is 1. The number of amides is 1. The summed E-state index contributed by atoms with van der Waals surface area (Å²) in [5.41, 5.74) is 1.67. The van der Waals surface area contributed by atoms with E-state index in [1.165, 1.54) is 0 Å². The van der Waals surface area contributed by atoms with Gasteiger partial charge < -0.3 is 14.7 Å². The van der Waals surface area contributed by atoms with E-state index in [0.717, 1.165) is 18.5 Å². The maximum Gasteiger partial charge on any atom is 0.306 e. The van der Waals surface area contributed by atoms with Gasteiger partial charge in [-0.05, 0) is 24.1 Å². The number of aliphatic carboxylic acids is 1. The SMILES string of the molecule is CN1CCc2ccc(OCCC(=O)O)cc2C1=O. The van der Waals surface area contributed by atoms with Crippen LogP contribution in [0, 0.1) is 0 Å². The topological polar surface area (TPSA) is 66.8 Å². The van der Waals surface area contributed by atoms with Crippen molar-refractivity contribution in [2.75, 3.05) is 20.2 Å². The van der Waals surface area contributed by atoms with Crippen LogP contribution < -0.4 is 4.74 Å². The van der Waals surface area contributed by atoms with E-state index in [2.05, 4.69) is 0 Å². The largest absolute Gasteiger partial charge is 0.493 e. The lowest BCUT2D eigenvalue weighted by molar-refractivity contribution is -0.137. The number of carboxylic acids is 1. The van der Waals surface area contributed by atoms with Crippen LogP contribution in [0.2, 0.25) is 0 Å². The number of carboxylic acid groups (broad SMARTS) is 1. The predicted molar refractivity (Wildman–Crippen MR) is 64.9 cm³/mol. The number of carbonyl (C=O) groups excluding carboxylic acids is 1. The van der Waals surface area contributed by atoms with Crippen molar-refractivity contribution in [1.29, 1.82) is 0 Å². The molecule has 0 saturated carbocycles. The predicted octanol–water partition coefficient (Wildman–Crippen LogP) is 1.17. The highest BCUT2D eigenvalue weighted by Gasteiger charge is 2.21. The number of carbonyl (C=O) groups is 2. The van der Waals surface area contributed by atoms with Gasteiger partial charge in [-0.1, -0.05) is 6.07 Å². The molecule has 96 valence electrons. The molecule has 0 saturated heterocycles. The number of benzene rings is 1. The molecule has 1 aliphatic rings. The molecule has 5 nitrogen and oxygen atoms in total. The van der Waals surface area contributed by atoms with E-state index < -0.39 is 5.97 Å². The molecule has 1 aromatic rings. The summed E-state index contributed by atoms with van der Waals surface area (Å²) in [6.45, 7) is 0.837. The highest BCUT2D eigenvalue weighted by molar-refractivity contribution is 5.97. The Balaban J connectivity index is 2.11. The van der Waals surface area contributed by atoms with Crippen LogP contribution in [0.4, 0.5) is 0 Å². The van der Waals surface area contributed by atoms with E-state index in [9.17, 15) is 9.59 Å². The van der Waals surface area contributed by atoms with Crippen molar-refractivity contribution in [1.82, 2.24) is 4.90 Å². The Bertz CT molecular complexity index is 484. The molecular weight excluding hydrogens is 234 g/mol. The summed E-state index contributed by atoms with van der Waals surface area (Å²) in [6.07, 6.45) is 0.790. The summed E-state index contributed by atoms with van der Waals surface area (Å²) < 4.78 is 5.31. The molecule has 0 aromatic heterocycles. The third-order valence-electron chi connectivity index (χ3n) is 2.96. The summed E-state index contributed by atoms with van der Waals surface area (Å²) in [4.78, 5) is 24.0. The van der Waals surface area contributed by atoms with Gasteiger partial charge in [0.05, 0.1) is 13.0 Å². The molecule has 1 aromatic carbocycles. The Kier molecular flexibility index (Phi) is 3.50. The van der Waals surface area contributed by atoms with Crippen molar-refractivity contribution >= 4 is 11.9 Å². The number of nitrogens with zero attached hydrogens (tertiary/aromatic N) is 1. The number of likely N-dealkylation sites (N-methyl/N-ethyl adjacent to an activating group) is 1. The zero-order chi connectivity index (χ0) is 13.1. The van der Waals surface area contributed by atoms with E-state index in [4.69, 9.17) is 9.84 Å². The van der Waals surface area contributed by atoms with Crippen molar-refractivity contribution in [3.8, 4) is 5.75 Å². The number of fused-ring (bicyclic) bond motifs is 1. The molecule has 1 N–H and O–H groups in total. The Labute approximate surface area is 105 Å². The van der Waals surface area contributed by atoms with Gasteiger partial charge in [-0.25, -0.2) is 0 Å². The number of rotatable bonds is 4. The standard InChI is InChI=1S/C13H15NO4/c1-14-6-4-9-2-3-10(8-11(9)13(14)17)18-7-5-12(15)16/h2-3,8H,4-7H2,1H3,(H,15,16). The number of hydrogen-bond acceptors (Lipinski definition) is 3. The Morgan fingerprint density at radius 3 is 3.00 bits per heavy atom. The smallest absolute Gasteiger partial charge is 0.306 e. The molecule has 2 rings (SSSR count). The van der Waals surface area contributed by atoms with Crippen LogP contribution in [-0.2, 0) is 11.2 Å². The van der Waals surface area contributed by atoms with Crippen molar-refractivity contribution in [3.05, 3.63) is 29.3 Å². The van der Waals surface area contributed by atoms with Gasteiger partial charge in [0.1, 0.15) is 5.75 Å². The van der Waals surface area contributed by atoms with Gasteiger partial charge in [0.25, 0.3) is 5.91 Å². The summed E-state index contributed by atoms with van der Waals surface area (Å²) in [7, 11) is 1.77. The Hall–Kier alpha value is -2.04. The molecule has 0 aliphatic carbocycles. The molecule has 1 aliphatic heterocycles. The van der Waals surface area contributed by atoms with Gasteiger partial charge in [-0.3, -0.25) is 9.59 Å². The highest BCUT2D eigenvalue weighted by atomic mass is 16.5. The van der Waals surface area contributed by atoms with Gasteiger partial charge in [0.2, 0.25) is 0 Å². The molecule has 1 amide bonds. The first-order valence-electron chi connectivity index (χ1n) is 5.81. The fourth-order valence-corrected chi connectivity index (χ4v) is 1.91. The molecule has 18 heavy (non-hydrogen) atoms. The van der Waals surface area contributed by atoms with Gasteiger partial charge in [-0.15, -0.1) is 0 Å². The molecule has 1 heterocycles. The fourth-order valence-electron chi connectivity index (χ4n) is 1.91. The summed E-state index contributed by atoms with van der Waals surface area (Å²) in [5.74, 6) is -0.373. The molecule has 0 atom stereocenters. The zero-order valence-electron chi connectivity index (χ0n) is 10.2. The van der Waals surface area contributed by atoms with E-state index in [1.807, 2.05) is 6.07 Å². The molecule has 0 radical (unpaired) electrons. The molecule has 5 heteroatoms. The first kappa shape index (κ1) is 12.4. The van der Waals surface area contributed by atoms with Crippen LogP contribution in [0.3, 0.4) is 0 Å². The Morgan fingerprint density at radius 2 is 2.28 bits per heavy atom. The van der Waals surface area contributed by atoms with Crippen molar-refractivity contribution in [2.45, 2.75) is 12.8 Å². The van der Waals surface area contributed by atoms with Gasteiger partial charge in [0, 0.05) is 19.2 Å². The van der Waals surface area contributed by atoms with Crippen molar-refractivity contribution in [3.63, 3.8) is 0 Å². The van der Waals surface area contributed by atoms with E-state index in [0.29, 0.717) is 11.3 Å². The first-order chi connectivity index (χ1) is 8.58. The van der Waals surface area contributed by atoms with Crippen LogP contribution in [0.1, 0.15) is 22.3 Å². The minimum absolute atomic E-state index is 0.0139. The maximum absolute atomic E-state index is 11.9. The van der Waals surface area contributed by atoms with Gasteiger partial charge in [0.15, 0.2) is 0 Å². The third-order valence-corrected chi connectivity index (χ3v) is 2.96. The van der Waals surface area contributed by atoms with E-state index >= 15 is 0 Å². The highest BCUT2D eigenvalue weighted by Crippen LogP contribution is 2.23. The fraction of sp³-hybridized carbons (Fsp3) is 0.385. The lowest BCUT2D eigenvalue weighted by atomic mass is 9.99. The second-order valence-electron chi connectivity index (χ2n) is 4.29. The minimum atomic E-state index is -0.899. The lowest BCUT2D eigenvalue weighted by Crippen LogP contribution is -2.34. The molecule has 0 spiro atoms. The second kappa shape index (κ2) is 5.08. The monoisotopic (exact) mass is 249 g/mol. The van der Waals surface area contributed by atoms with Crippen LogP contribution >= 0.6 is 0 Å². The maximum atomic E-state index is 11.9. The summed E-state index contributed by atoms with van der Waals surface area (Å²) in [5, 5.41) is 8.52. The molecule has 0 fully saturated rings. The van der Waals surface area contributed by atoms with Crippen molar-refractivity contribution in [2.24, 2.45) is 0 Å². The minimum Gasteiger partial charge on any atom is -0.493 e. The van der Waals surface area contributed by atoms with Gasteiger partial charge >= 0.3 is 5.97 Å². The second-order valence-corrected chi connectivity index (χ2v) is 4.29. The van der Waals surface area contributed by atoms with Crippen LogP contribution in [0.25, 0.3) is 0 Å². The van der Waals surface area contributed by atoms with Crippen LogP contribution in [0.5, 0.6) is 5.75 Å². The Morgan fingerprint density at radius 1 is 1.50 bits per heavy atom. The van der Waals surface area contributed by atoms with Crippen molar-refractivity contribution < 1.29 is 19.4 Å². The molecule has 0 bridgehead atoms.